The summed E-state index contributed by atoms with van der Waals surface area (Å²) in [5.74, 6) is -1.08. The van der Waals surface area contributed by atoms with Gasteiger partial charge in [-0.05, 0) is 43.2 Å². The Morgan fingerprint density at radius 3 is 2.71 bits per heavy atom. The minimum Gasteiger partial charge on any atom is -0.449 e. The van der Waals surface area contributed by atoms with Gasteiger partial charge in [-0.2, -0.15) is 0 Å². The summed E-state index contributed by atoms with van der Waals surface area (Å²) in [6.07, 6.45) is 3.50. The average Bonchev–Trinajstić information content (AvgIpc) is 2.56. The third kappa shape index (κ3) is 4.93. The van der Waals surface area contributed by atoms with E-state index in [0.717, 1.165) is 11.1 Å². The van der Waals surface area contributed by atoms with E-state index in [0.29, 0.717) is 5.69 Å². The van der Waals surface area contributed by atoms with Crippen LogP contribution in [0.3, 0.4) is 0 Å². The molecule has 0 unspecified atom stereocenters. The molecule has 2 rings (SSSR count). The predicted molar refractivity (Wildman–Crippen MR) is 93.6 cm³/mol. The molecule has 1 heterocycles. The van der Waals surface area contributed by atoms with Crippen molar-refractivity contribution in [2.45, 2.75) is 20.0 Å². The predicted octanol–water partition coefficient (Wildman–Crippen LogP) is 3.63. The van der Waals surface area contributed by atoms with E-state index in [1.54, 1.807) is 18.2 Å². The Morgan fingerprint density at radius 1 is 1.25 bits per heavy atom. The van der Waals surface area contributed by atoms with Gasteiger partial charge >= 0.3 is 5.97 Å². The van der Waals surface area contributed by atoms with E-state index in [9.17, 15) is 9.59 Å². The number of esters is 1. The number of ether oxygens (including phenoxy) is 1. The number of benzene rings is 1. The molecule has 0 spiro atoms. The quantitative estimate of drug-likeness (QED) is 0.511. The number of nitrogens with zero attached hydrogens (tertiary/aromatic N) is 1. The Kier molecular flexibility index (Phi) is 6.09. The van der Waals surface area contributed by atoms with Crippen molar-refractivity contribution in [3.05, 3.63) is 65.0 Å². The lowest BCUT2D eigenvalue weighted by atomic mass is 10.1. The Hall–Kier alpha value is -2.66. The van der Waals surface area contributed by atoms with Crippen LogP contribution in [-0.2, 0) is 14.3 Å². The van der Waals surface area contributed by atoms with E-state index < -0.39 is 18.0 Å². The second kappa shape index (κ2) is 8.26. The van der Waals surface area contributed by atoms with Crippen LogP contribution in [0.4, 0.5) is 5.69 Å². The van der Waals surface area contributed by atoms with Crippen LogP contribution >= 0.6 is 11.6 Å². The Balaban J connectivity index is 1.92. The number of carbonyl (C=O) groups is 2. The summed E-state index contributed by atoms with van der Waals surface area (Å²) in [6.45, 7) is 3.43. The normalized spacial score (nSPS) is 12.0. The molecule has 1 atom stereocenters. The third-order valence-corrected chi connectivity index (χ3v) is 3.57. The summed E-state index contributed by atoms with van der Waals surface area (Å²) in [7, 11) is 0. The fourth-order valence-corrected chi connectivity index (χ4v) is 2.08. The second-order valence-electron chi connectivity index (χ2n) is 5.10. The van der Waals surface area contributed by atoms with Gasteiger partial charge in [-0.1, -0.05) is 35.9 Å². The SMILES string of the molecule is Cc1ccccc1/C=C/C(=O)O[C@H](C)C(=O)Nc1cccnc1Cl. The number of anilines is 1. The first kappa shape index (κ1) is 17.7. The van der Waals surface area contributed by atoms with Crippen molar-refractivity contribution >= 4 is 35.2 Å². The minimum atomic E-state index is -0.963. The summed E-state index contributed by atoms with van der Waals surface area (Å²) in [4.78, 5) is 27.7. The zero-order valence-corrected chi connectivity index (χ0v) is 14.1. The first-order valence-electron chi connectivity index (χ1n) is 7.33. The van der Waals surface area contributed by atoms with Crippen LogP contribution in [-0.4, -0.2) is 23.0 Å². The van der Waals surface area contributed by atoms with Crippen LogP contribution < -0.4 is 5.32 Å². The van der Waals surface area contributed by atoms with Crippen molar-refractivity contribution in [2.24, 2.45) is 0 Å². The number of hydrogen-bond donors (Lipinski definition) is 1. The van der Waals surface area contributed by atoms with E-state index in [-0.39, 0.29) is 5.15 Å². The summed E-state index contributed by atoms with van der Waals surface area (Å²) in [6, 6.07) is 10.9. The van der Waals surface area contributed by atoms with Crippen LogP contribution in [0.1, 0.15) is 18.1 Å². The molecule has 5 nitrogen and oxygen atoms in total. The van der Waals surface area contributed by atoms with E-state index in [2.05, 4.69) is 10.3 Å². The van der Waals surface area contributed by atoms with Gasteiger partial charge in [0.05, 0.1) is 5.69 Å². The van der Waals surface area contributed by atoms with Crippen molar-refractivity contribution < 1.29 is 14.3 Å². The summed E-state index contributed by atoms with van der Waals surface area (Å²) in [5, 5.41) is 2.73. The van der Waals surface area contributed by atoms with Gasteiger partial charge in [-0.25, -0.2) is 9.78 Å². The number of carbonyl (C=O) groups excluding carboxylic acids is 2. The molecule has 2 aromatic rings. The van der Waals surface area contributed by atoms with Gasteiger partial charge in [-0.15, -0.1) is 0 Å². The summed E-state index contributed by atoms with van der Waals surface area (Å²) in [5.41, 5.74) is 2.31. The topological polar surface area (TPSA) is 68.3 Å². The molecule has 0 bridgehead atoms. The molecular formula is C18H17ClN2O3. The van der Waals surface area contributed by atoms with E-state index in [4.69, 9.17) is 16.3 Å². The van der Waals surface area contributed by atoms with Crippen LogP contribution in [0.25, 0.3) is 6.08 Å². The van der Waals surface area contributed by atoms with Crippen molar-refractivity contribution in [3.63, 3.8) is 0 Å². The van der Waals surface area contributed by atoms with Gasteiger partial charge < -0.3 is 10.1 Å². The maximum atomic E-state index is 12.0. The Bertz CT molecular complexity index is 774. The maximum Gasteiger partial charge on any atom is 0.331 e. The molecule has 1 N–H and O–H groups in total. The van der Waals surface area contributed by atoms with Gasteiger partial charge in [0.2, 0.25) is 0 Å². The fraction of sp³-hybridized carbons (Fsp3) is 0.167. The molecule has 0 fully saturated rings. The Morgan fingerprint density at radius 2 is 2.00 bits per heavy atom. The lowest BCUT2D eigenvalue weighted by molar-refractivity contribution is -0.148. The molecule has 0 radical (unpaired) electrons. The summed E-state index contributed by atoms with van der Waals surface area (Å²) < 4.78 is 5.08. The lowest BCUT2D eigenvalue weighted by Gasteiger charge is -2.12. The number of rotatable bonds is 5. The van der Waals surface area contributed by atoms with Gasteiger partial charge in [0, 0.05) is 12.3 Å². The molecule has 6 heteroatoms. The minimum absolute atomic E-state index is 0.170. The highest BCUT2D eigenvalue weighted by atomic mass is 35.5. The van der Waals surface area contributed by atoms with Crippen molar-refractivity contribution in [1.82, 2.24) is 4.98 Å². The molecule has 1 aromatic carbocycles. The number of aryl methyl sites for hydroxylation is 1. The molecule has 0 aliphatic rings. The number of amides is 1. The van der Waals surface area contributed by atoms with Crippen molar-refractivity contribution in [2.75, 3.05) is 5.32 Å². The van der Waals surface area contributed by atoms with Crippen LogP contribution in [0, 0.1) is 6.92 Å². The highest BCUT2D eigenvalue weighted by Gasteiger charge is 2.17. The van der Waals surface area contributed by atoms with Crippen LogP contribution in [0.5, 0.6) is 0 Å². The fourth-order valence-electron chi connectivity index (χ4n) is 1.91. The van der Waals surface area contributed by atoms with Gasteiger partial charge in [-0.3, -0.25) is 4.79 Å². The van der Waals surface area contributed by atoms with E-state index >= 15 is 0 Å². The number of hydrogen-bond acceptors (Lipinski definition) is 4. The number of aromatic nitrogens is 1. The Labute approximate surface area is 145 Å². The first-order valence-corrected chi connectivity index (χ1v) is 7.71. The molecule has 0 saturated carbocycles. The zero-order valence-electron chi connectivity index (χ0n) is 13.3. The van der Waals surface area contributed by atoms with Gasteiger partial charge in [0.1, 0.15) is 0 Å². The molecule has 1 aromatic heterocycles. The summed E-state index contributed by atoms with van der Waals surface area (Å²) >= 11 is 5.87. The standard InChI is InChI=1S/C18H17ClN2O3/c1-12-6-3-4-7-14(12)9-10-16(22)24-13(2)18(23)21-15-8-5-11-20-17(15)19/h3-11,13H,1-2H3,(H,21,23)/b10-9+/t13-/m1/s1. The maximum absolute atomic E-state index is 12.0. The largest absolute Gasteiger partial charge is 0.449 e. The monoisotopic (exact) mass is 344 g/mol. The molecule has 0 saturated heterocycles. The zero-order chi connectivity index (χ0) is 17.5. The molecular weight excluding hydrogens is 328 g/mol. The number of nitrogens with one attached hydrogen (secondary N) is 1. The lowest BCUT2D eigenvalue weighted by Crippen LogP contribution is -2.29. The van der Waals surface area contributed by atoms with Gasteiger partial charge in [0.25, 0.3) is 5.91 Å². The third-order valence-electron chi connectivity index (χ3n) is 3.27. The molecule has 124 valence electrons. The number of halogens is 1. The average molecular weight is 345 g/mol. The second-order valence-corrected chi connectivity index (χ2v) is 5.46. The molecule has 24 heavy (non-hydrogen) atoms. The molecule has 1 amide bonds. The highest BCUT2D eigenvalue weighted by Crippen LogP contribution is 2.17. The van der Waals surface area contributed by atoms with Crippen molar-refractivity contribution in [1.29, 1.82) is 0 Å². The van der Waals surface area contributed by atoms with Gasteiger partial charge in [0.15, 0.2) is 11.3 Å². The first-order chi connectivity index (χ1) is 11.5. The van der Waals surface area contributed by atoms with E-state index in [1.807, 2.05) is 31.2 Å². The smallest absolute Gasteiger partial charge is 0.331 e. The molecule has 0 aliphatic heterocycles. The van der Waals surface area contributed by atoms with Crippen molar-refractivity contribution in [3.8, 4) is 0 Å². The van der Waals surface area contributed by atoms with Crippen LogP contribution in [0.2, 0.25) is 5.15 Å². The van der Waals surface area contributed by atoms with E-state index in [1.165, 1.54) is 19.2 Å². The molecule has 0 aliphatic carbocycles. The highest BCUT2D eigenvalue weighted by molar-refractivity contribution is 6.32. The van der Waals surface area contributed by atoms with Crippen LogP contribution in [0.15, 0.2) is 48.7 Å². The number of pyridine rings is 1.